The largest absolute Gasteiger partial charge is 0.248 e. The van der Waals surface area contributed by atoms with E-state index in [-0.39, 0.29) is 0 Å². The standard InChI is InChI=1S/C16H13BrN2O2S/c1-16(8-5-14(17)6-9-16)22(20,21)19-10-7-12-3-2-4-13(11-18)15(12)19/h2-8,10H,9H2,1H3. The molecule has 112 valence electrons. The van der Waals surface area contributed by atoms with Crippen molar-refractivity contribution in [3.63, 3.8) is 0 Å². The van der Waals surface area contributed by atoms with Crippen LogP contribution in [0.2, 0.25) is 0 Å². The minimum absolute atomic E-state index is 0.353. The van der Waals surface area contributed by atoms with Crippen molar-refractivity contribution >= 4 is 36.9 Å². The zero-order valence-corrected chi connectivity index (χ0v) is 14.2. The second kappa shape index (κ2) is 5.11. The molecule has 0 N–H and O–H groups in total. The van der Waals surface area contributed by atoms with Crippen molar-refractivity contribution in [2.75, 3.05) is 0 Å². The number of halogens is 1. The van der Waals surface area contributed by atoms with Gasteiger partial charge in [-0.3, -0.25) is 0 Å². The number of hydrogen-bond donors (Lipinski definition) is 0. The minimum Gasteiger partial charge on any atom is -0.243 e. The molecule has 1 aromatic carbocycles. The highest BCUT2D eigenvalue weighted by Crippen LogP contribution is 2.34. The van der Waals surface area contributed by atoms with Gasteiger partial charge in [0.1, 0.15) is 10.8 Å². The van der Waals surface area contributed by atoms with Gasteiger partial charge in [-0.2, -0.15) is 5.26 Å². The summed E-state index contributed by atoms with van der Waals surface area (Å²) in [5.41, 5.74) is 0.791. The van der Waals surface area contributed by atoms with Crippen LogP contribution in [-0.4, -0.2) is 17.1 Å². The van der Waals surface area contributed by atoms with Gasteiger partial charge in [0.25, 0.3) is 0 Å². The van der Waals surface area contributed by atoms with Crippen molar-refractivity contribution in [1.82, 2.24) is 3.97 Å². The van der Waals surface area contributed by atoms with E-state index in [0.29, 0.717) is 17.5 Å². The maximum atomic E-state index is 13.1. The summed E-state index contributed by atoms with van der Waals surface area (Å²) < 4.78 is 27.3. The molecule has 0 saturated heterocycles. The third-order valence-corrected chi connectivity index (χ3v) is 6.83. The van der Waals surface area contributed by atoms with Crippen LogP contribution in [0.5, 0.6) is 0 Å². The molecule has 0 fully saturated rings. The van der Waals surface area contributed by atoms with Crippen molar-refractivity contribution in [1.29, 1.82) is 5.26 Å². The molecular formula is C16H13BrN2O2S. The Morgan fingerprint density at radius 2 is 2.14 bits per heavy atom. The Bertz CT molecular complexity index is 964. The fourth-order valence-corrected chi connectivity index (χ4v) is 4.51. The van der Waals surface area contributed by atoms with Crippen molar-refractivity contribution in [2.24, 2.45) is 0 Å². The molecule has 1 aromatic heterocycles. The van der Waals surface area contributed by atoms with Crippen LogP contribution < -0.4 is 0 Å². The van der Waals surface area contributed by atoms with Gasteiger partial charge in [0, 0.05) is 16.1 Å². The van der Waals surface area contributed by atoms with E-state index in [1.807, 2.05) is 6.08 Å². The number of allylic oxidation sites excluding steroid dienone is 3. The summed E-state index contributed by atoms with van der Waals surface area (Å²) in [4.78, 5) is 0. The molecule has 0 bridgehead atoms. The van der Waals surface area contributed by atoms with Gasteiger partial charge in [0.2, 0.25) is 10.0 Å². The number of hydrogen-bond acceptors (Lipinski definition) is 3. The van der Waals surface area contributed by atoms with Crippen LogP contribution >= 0.6 is 15.9 Å². The van der Waals surface area contributed by atoms with Gasteiger partial charge in [-0.25, -0.2) is 12.4 Å². The van der Waals surface area contributed by atoms with Gasteiger partial charge in [-0.15, -0.1) is 0 Å². The minimum atomic E-state index is -3.69. The van der Waals surface area contributed by atoms with E-state index in [9.17, 15) is 13.7 Å². The Kier molecular flexibility index (Phi) is 3.50. The predicted octanol–water partition coefficient (Wildman–Crippen LogP) is 3.69. The zero-order chi connectivity index (χ0) is 16.0. The van der Waals surface area contributed by atoms with Gasteiger partial charge in [0.05, 0.1) is 11.1 Å². The molecular weight excluding hydrogens is 364 g/mol. The smallest absolute Gasteiger partial charge is 0.243 e. The first-order valence-corrected chi connectivity index (χ1v) is 8.92. The first-order chi connectivity index (χ1) is 10.4. The number of aromatic nitrogens is 1. The molecule has 1 aliphatic rings. The molecule has 2 aromatic rings. The summed E-state index contributed by atoms with van der Waals surface area (Å²) >= 11 is 3.35. The predicted molar refractivity (Wildman–Crippen MR) is 90.1 cm³/mol. The second-order valence-corrected chi connectivity index (χ2v) is 8.60. The lowest BCUT2D eigenvalue weighted by Gasteiger charge is -2.28. The van der Waals surface area contributed by atoms with Crippen molar-refractivity contribution in [3.05, 3.63) is 58.7 Å². The second-order valence-electron chi connectivity index (χ2n) is 5.41. The van der Waals surface area contributed by atoms with Crippen molar-refractivity contribution in [2.45, 2.75) is 18.1 Å². The van der Waals surface area contributed by atoms with Crippen LogP contribution in [0.15, 0.2) is 53.2 Å². The molecule has 22 heavy (non-hydrogen) atoms. The van der Waals surface area contributed by atoms with Crippen molar-refractivity contribution < 1.29 is 8.42 Å². The monoisotopic (exact) mass is 376 g/mol. The number of rotatable bonds is 2. The van der Waals surface area contributed by atoms with Crippen LogP contribution in [0.3, 0.4) is 0 Å². The van der Waals surface area contributed by atoms with Crippen molar-refractivity contribution in [3.8, 4) is 6.07 Å². The Morgan fingerprint density at radius 1 is 1.36 bits per heavy atom. The van der Waals surface area contributed by atoms with Crippen LogP contribution in [0.1, 0.15) is 18.9 Å². The van der Waals surface area contributed by atoms with Gasteiger partial charge in [-0.1, -0.05) is 46.3 Å². The number of benzene rings is 1. The van der Waals surface area contributed by atoms with E-state index in [1.165, 1.54) is 10.2 Å². The van der Waals surface area contributed by atoms with E-state index in [4.69, 9.17) is 0 Å². The average molecular weight is 377 g/mol. The summed E-state index contributed by atoms with van der Waals surface area (Å²) in [6.07, 6.45) is 7.17. The van der Waals surface area contributed by atoms with Crippen LogP contribution in [-0.2, 0) is 10.0 Å². The topological polar surface area (TPSA) is 62.9 Å². The molecule has 4 nitrogen and oxygen atoms in total. The number of para-hydroxylation sites is 1. The maximum absolute atomic E-state index is 13.1. The Balaban J connectivity index is 2.24. The molecule has 0 radical (unpaired) electrons. The quantitative estimate of drug-likeness (QED) is 0.802. The zero-order valence-electron chi connectivity index (χ0n) is 11.8. The van der Waals surface area contributed by atoms with Crippen LogP contribution in [0.4, 0.5) is 0 Å². The Labute approximate surface area is 137 Å². The van der Waals surface area contributed by atoms with Gasteiger partial charge in [-0.05, 0) is 25.5 Å². The highest BCUT2D eigenvalue weighted by atomic mass is 79.9. The van der Waals surface area contributed by atoms with Gasteiger partial charge >= 0.3 is 0 Å². The number of fused-ring (bicyclic) bond motifs is 1. The van der Waals surface area contributed by atoms with Crippen LogP contribution in [0, 0.1) is 11.3 Å². The SMILES string of the molecule is CC1(S(=O)(=O)n2ccc3cccc(C#N)c32)C=CC(Br)=CC1. The molecule has 1 heterocycles. The molecule has 1 aliphatic carbocycles. The molecule has 6 heteroatoms. The van der Waals surface area contributed by atoms with E-state index < -0.39 is 14.8 Å². The molecule has 3 rings (SSSR count). The Morgan fingerprint density at radius 3 is 2.77 bits per heavy atom. The fraction of sp³-hybridized carbons (Fsp3) is 0.188. The summed E-state index contributed by atoms with van der Waals surface area (Å²) in [6.45, 7) is 1.69. The van der Waals surface area contributed by atoms with Gasteiger partial charge < -0.3 is 0 Å². The molecule has 0 saturated carbocycles. The third-order valence-electron chi connectivity index (χ3n) is 3.94. The third kappa shape index (κ3) is 2.13. The van der Waals surface area contributed by atoms with E-state index in [1.54, 1.807) is 43.3 Å². The molecule has 1 atom stereocenters. The highest BCUT2D eigenvalue weighted by Gasteiger charge is 2.39. The van der Waals surface area contributed by atoms with E-state index >= 15 is 0 Å². The first kappa shape index (κ1) is 15.1. The normalized spacial score (nSPS) is 21.6. The summed E-state index contributed by atoms with van der Waals surface area (Å²) in [6, 6.07) is 8.97. The van der Waals surface area contributed by atoms with Gasteiger partial charge in [0.15, 0.2) is 0 Å². The van der Waals surface area contributed by atoms with Crippen LogP contribution in [0.25, 0.3) is 10.9 Å². The summed E-state index contributed by atoms with van der Waals surface area (Å²) in [7, 11) is -3.69. The average Bonchev–Trinajstić information content (AvgIpc) is 2.94. The molecule has 1 unspecified atom stereocenters. The summed E-state index contributed by atoms with van der Waals surface area (Å²) in [5.74, 6) is 0. The molecule has 0 spiro atoms. The molecule has 0 amide bonds. The van der Waals surface area contributed by atoms with E-state index in [0.717, 1.165) is 9.87 Å². The lowest BCUT2D eigenvalue weighted by Crippen LogP contribution is -2.38. The Hall–Kier alpha value is -1.84. The highest BCUT2D eigenvalue weighted by molar-refractivity contribution is 9.11. The lowest BCUT2D eigenvalue weighted by atomic mass is 10.0. The first-order valence-electron chi connectivity index (χ1n) is 6.69. The number of nitrogens with zero attached hydrogens (tertiary/aromatic N) is 2. The summed E-state index contributed by atoms with van der Waals surface area (Å²) in [5, 5.41) is 10.0. The lowest BCUT2D eigenvalue weighted by molar-refractivity contribution is 0.554. The number of nitriles is 1. The van der Waals surface area contributed by atoms with E-state index in [2.05, 4.69) is 22.0 Å². The fourth-order valence-electron chi connectivity index (χ4n) is 2.56. The maximum Gasteiger partial charge on any atom is 0.248 e. The molecule has 0 aliphatic heterocycles.